The number of nitrogens with one attached hydrogen (secondary N) is 1. The van der Waals surface area contributed by atoms with Crippen LogP contribution in [0.3, 0.4) is 0 Å². The minimum atomic E-state index is -0.0914. The molecule has 2 aliphatic rings. The zero-order valence-corrected chi connectivity index (χ0v) is 8.69. The zero-order valence-electron chi connectivity index (χ0n) is 8.69. The van der Waals surface area contributed by atoms with E-state index in [0.29, 0.717) is 23.9 Å². The molecular formula is C10H12N4O. The Morgan fingerprint density at radius 3 is 3.00 bits per heavy atom. The van der Waals surface area contributed by atoms with Gasteiger partial charge in [0.05, 0.1) is 12.4 Å². The van der Waals surface area contributed by atoms with Gasteiger partial charge in [-0.25, -0.2) is 4.99 Å². The highest BCUT2D eigenvalue weighted by molar-refractivity contribution is 6.73. The van der Waals surface area contributed by atoms with Crippen molar-refractivity contribution in [1.29, 1.82) is 0 Å². The summed E-state index contributed by atoms with van der Waals surface area (Å²) in [5.41, 5.74) is 1.08. The summed E-state index contributed by atoms with van der Waals surface area (Å²) in [5, 5.41) is 3.05. The van der Waals surface area contributed by atoms with Gasteiger partial charge in [0.1, 0.15) is 11.5 Å². The quantitative estimate of drug-likeness (QED) is 0.655. The molecule has 15 heavy (non-hydrogen) atoms. The molecule has 0 aromatic rings. The Morgan fingerprint density at radius 1 is 1.47 bits per heavy atom. The molecule has 2 heterocycles. The number of aliphatic imine (C=N–C) groups is 2. The van der Waals surface area contributed by atoms with Gasteiger partial charge < -0.3 is 5.32 Å². The van der Waals surface area contributed by atoms with E-state index in [2.05, 4.69) is 15.3 Å². The van der Waals surface area contributed by atoms with E-state index < -0.39 is 0 Å². The second kappa shape index (κ2) is 3.78. The molecule has 2 rings (SSSR count). The first-order chi connectivity index (χ1) is 7.16. The third-order valence-corrected chi connectivity index (χ3v) is 2.00. The van der Waals surface area contributed by atoms with E-state index in [0.717, 1.165) is 0 Å². The van der Waals surface area contributed by atoms with Crippen molar-refractivity contribution >= 4 is 17.2 Å². The van der Waals surface area contributed by atoms with Gasteiger partial charge in [0, 0.05) is 12.3 Å². The Labute approximate surface area is 87.9 Å². The van der Waals surface area contributed by atoms with E-state index in [1.165, 1.54) is 6.08 Å². The first kappa shape index (κ1) is 9.79. The molecule has 0 fully saturated rings. The normalized spacial score (nSPS) is 18.6. The first-order valence-electron chi connectivity index (χ1n) is 4.65. The van der Waals surface area contributed by atoms with Crippen LogP contribution in [0.25, 0.3) is 0 Å². The summed E-state index contributed by atoms with van der Waals surface area (Å²) in [5.74, 6) is 0.500. The molecule has 0 unspecified atom stereocenters. The topological polar surface area (TPSA) is 57.1 Å². The predicted octanol–water partition coefficient (Wildman–Crippen LogP) is -0.0715. The van der Waals surface area contributed by atoms with Crippen molar-refractivity contribution in [1.82, 2.24) is 10.2 Å². The van der Waals surface area contributed by atoms with Crippen LogP contribution < -0.4 is 5.32 Å². The van der Waals surface area contributed by atoms with E-state index in [1.54, 1.807) is 12.3 Å². The van der Waals surface area contributed by atoms with Crippen LogP contribution in [0.15, 0.2) is 34.2 Å². The molecule has 0 radical (unpaired) electrons. The fraction of sp³-hybridized carbons (Fsp3) is 0.300. The van der Waals surface area contributed by atoms with Crippen LogP contribution in [0.4, 0.5) is 0 Å². The lowest BCUT2D eigenvalue weighted by molar-refractivity contribution is -0.108. The molecule has 0 aliphatic carbocycles. The number of fused-ring (bicyclic) bond motifs is 1. The number of hydrogen-bond acceptors (Lipinski definition) is 5. The van der Waals surface area contributed by atoms with Gasteiger partial charge >= 0.3 is 0 Å². The van der Waals surface area contributed by atoms with E-state index in [4.69, 9.17) is 0 Å². The molecule has 5 nitrogen and oxygen atoms in total. The van der Waals surface area contributed by atoms with Gasteiger partial charge in [-0.15, -0.1) is 0 Å². The first-order valence-corrected chi connectivity index (χ1v) is 4.65. The monoisotopic (exact) mass is 204 g/mol. The summed E-state index contributed by atoms with van der Waals surface area (Å²) in [4.78, 5) is 21.7. The molecule has 0 saturated heterocycles. The van der Waals surface area contributed by atoms with Crippen molar-refractivity contribution in [2.75, 3.05) is 20.8 Å². The van der Waals surface area contributed by atoms with Crippen molar-refractivity contribution < 1.29 is 4.79 Å². The molecule has 0 amide bonds. The van der Waals surface area contributed by atoms with Crippen LogP contribution in [0.5, 0.6) is 0 Å². The number of rotatable bonds is 3. The average Bonchev–Trinajstić information content (AvgIpc) is 2.63. The highest BCUT2D eigenvalue weighted by Gasteiger charge is 2.22. The fourth-order valence-electron chi connectivity index (χ4n) is 1.29. The van der Waals surface area contributed by atoms with Gasteiger partial charge in [-0.05, 0) is 20.2 Å². The van der Waals surface area contributed by atoms with Gasteiger partial charge in [-0.1, -0.05) is 0 Å². The van der Waals surface area contributed by atoms with Crippen LogP contribution in [-0.2, 0) is 4.79 Å². The summed E-state index contributed by atoms with van der Waals surface area (Å²) >= 11 is 0. The van der Waals surface area contributed by atoms with Crippen molar-refractivity contribution in [2.45, 2.75) is 0 Å². The molecule has 0 aromatic carbocycles. The fourth-order valence-corrected chi connectivity index (χ4v) is 1.29. The van der Waals surface area contributed by atoms with E-state index in [-0.39, 0.29) is 5.78 Å². The number of allylic oxidation sites excluding steroid dienone is 2. The predicted molar refractivity (Wildman–Crippen MR) is 58.8 cm³/mol. The third-order valence-electron chi connectivity index (χ3n) is 2.00. The molecule has 1 N–H and O–H groups in total. The molecule has 78 valence electrons. The summed E-state index contributed by atoms with van der Waals surface area (Å²) in [7, 11) is 3.88. The van der Waals surface area contributed by atoms with Crippen molar-refractivity contribution in [3.8, 4) is 0 Å². The smallest absolute Gasteiger partial charge is 0.210 e. The molecule has 0 spiro atoms. The SMILES string of the molecule is CN(C)CNC1=CC(=O)C2=NC=CC2=N1. The highest BCUT2D eigenvalue weighted by Crippen LogP contribution is 2.09. The highest BCUT2D eigenvalue weighted by atomic mass is 16.1. The minimum Gasteiger partial charge on any atom is -0.357 e. The maximum absolute atomic E-state index is 11.5. The van der Waals surface area contributed by atoms with E-state index >= 15 is 0 Å². The molecule has 2 aliphatic heterocycles. The number of nitrogens with zero attached hydrogens (tertiary/aromatic N) is 3. The standard InChI is InChI=1S/C10H12N4O/c1-14(2)6-12-9-5-8(15)10-7(13-9)3-4-11-10/h3-5,12H,6H2,1-2H3. The van der Waals surface area contributed by atoms with Crippen molar-refractivity contribution in [2.24, 2.45) is 9.98 Å². The Kier molecular flexibility index (Phi) is 2.47. The van der Waals surface area contributed by atoms with Crippen molar-refractivity contribution in [3.63, 3.8) is 0 Å². The van der Waals surface area contributed by atoms with Crippen molar-refractivity contribution in [3.05, 3.63) is 24.2 Å². The number of hydrogen-bond donors (Lipinski definition) is 1. The molecule has 0 saturated carbocycles. The Bertz CT molecular complexity index is 415. The Balaban J connectivity index is 2.12. The van der Waals surface area contributed by atoms with Gasteiger partial charge in [0.25, 0.3) is 0 Å². The average molecular weight is 204 g/mol. The summed E-state index contributed by atoms with van der Waals surface area (Å²) < 4.78 is 0. The van der Waals surface area contributed by atoms with E-state index in [9.17, 15) is 4.79 Å². The maximum atomic E-state index is 11.5. The lowest BCUT2D eigenvalue weighted by atomic mass is 10.1. The van der Waals surface area contributed by atoms with Crippen LogP contribution >= 0.6 is 0 Å². The van der Waals surface area contributed by atoms with Gasteiger partial charge in [0.15, 0.2) is 0 Å². The molecule has 5 heteroatoms. The van der Waals surface area contributed by atoms with Gasteiger partial charge in [0.2, 0.25) is 5.78 Å². The molecule has 0 atom stereocenters. The maximum Gasteiger partial charge on any atom is 0.210 e. The summed E-state index contributed by atoms with van der Waals surface area (Å²) in [6.45, 7) is 0.645. The molecule has 0 bridgehead atoms. The minimum absolute atomic E-state index is 0.0914. The largest absolute Gasteiger partial charge is 0.357 e. The van der Waals surface area contributed by atoms with Gasteiger partial charge in [-0.2, -0.15) is 0 Å². The Hall–Kier alpha value is -1.75. The van der Waals surface area contributed by atoms with Gasteiger partial charge in [-0.3, -0.25) is 14.7 Å². The second-order valence-electron chi connectivity index (χ2n) is 3.60. The molecular weight excluding hydrogens is 192 g/mol. The Morgan fingerprint density at radius 2 is 2.27 bits per heavy atom. The van der Waals surface area contributed by atoms with Crippen LogP contribution in [0.1, 0.15) is 0 Å². The number of ketones is 1. The number of carbonyl (C=O) groups excluding carboxylic acids is 1. The van der Waals surface area contributed by atoms with E-state index in [1.807, 2.05) is 19.0 Å². The lowest BCUT2D eigenvalue weighted by Gasteiger charge is -2.15. The van der Waals surface area contributed by atoms with Crippen LogP contribution in [0, 0.1) is 0 Å². The van der Waals surface area contributed by atoms with Crippen LogP contribution in [-0.4, -0.2) is 42.9 Å². The third kappa shape index (κ3) is 2.02. The summed E-state index contributed by atoms with van der Waals surface area (Å²) in [6.07, 6.45) is 4.80. The zero-order chi connectivity index (χ0) is 10.8. The second-order valence-corrected chi connectivity index (χ2v) is 3.60. The van der Waals surface area contributed by atoms with Crippen LogP contribution in [0.2, 0.25) is 0 Å². The molecule has 0 aromatic heterocycles. The lowest BCUT2D eigenvalue weighted by Crippen LogP contribution is -2.31. The number of carbonyl (C=O) groups is 1. The summed E-state index contributed by atoms with van der Waals surface area (Å²) in [6, 6.07) is 0.